The van der Waals surface area contributed by atoms with E-state index in [0.29, 0.717) is 0 Å². The van der Waals surface area contributed by atoms with Crippen LogP contribution in [-0.2, 0) is 5.75 Å². The number of hydrogen-bond donors (Lipinski definition) is 1. The zero-order chi connectivity index (χ0) is 13.7. The van der Waals surface area contributed by atoms with Gasteiger partial charge in [0.1, 0.15) is 0 Å². The summed E-state index contributed by atoms with van der Waals surface area (Å²) in [5, 5.41) is 0.983. The monoisotopic (exact) mass is 292 g/mol. The van der Waals surface area contributed by atoms with Gasteiger partial charge in [-0.25, -0.2) is 0 Å². The van der Waals surface area contributed by atoms with E-state index in [4.69, 9.17) is 17.3 Å². The molecule has 2 rings (SSSR count). The number of halogens is 1. The number of hydrogen-bond acceptors (Lipinski definition) is 3. The maximum absolute atomic E-state index is 6.17. The predicted octanol–water partition coefficient (Wildman–Crippen LogP) is 4.06. The van der Waals surface area contributed by atoms with Crippen LogP contribution in [0.3, 0.4) is 0 Å². The van der Waals surface area contributed by atoms with Crippen molar-refractivity contribution in [2.24, 2.45) is 5.73 Å². The quantitative estimate of drug-likeness (QED) is 0.903. The molecule has 2 nitrogen and oxygen atoms in total. The second-order valence-corrected chi connectivity index (χ2v) is 5.97. The molecule has 4 heteroatoms. The van der Waals surface area contributed by atoms with Crippen molar-refractivity contribution in [3.8, 4) is 0 Å². The molecule has 19 heavy (non-hydrogen) atoms. The van der Waals surface area contributed by atoms with E-state index >= 15 is 0 Å². The normalized spacial score (nSPS) is 14.1. The van der Waals surface area contributed by atoms with E-state index in [9.17, 15) is 0 Å². The Balaban J connectivity index is 2.09. The molecule has 2 N–H and O–H groups in total. The standard InChI is InChI=1S/C15H17ClN2S/c1-11(17)15(14-8-4-5-9-18-14)19-10-12-6-2-3-7-13(12)16/h2-9,11,15H,10,17H2,1H3. The molecular weight excluding hydrogens is 276 g/mol. The van der Waals surface area contributed by atoms with Crippen LogP contribution < -0.4 is 5.73 Å². The summed E-state index contributed by atoms with van der Waals surface area (Å²) >= 11 is 7.95. The number of benzene rings is 1. The Morgan fingerprint density at radius 1 is 1.21 bits per heavy atom. The highest BCUT2D eigenvalue weighted by molar-refractivity contribution is 7.98. The first kappa shape index (κ1) is 14.4. The van der Waals surface area contributed by atoms with Crippen molar-refractivity contribution in [1.82, 2.24) is 4.98 Å². The average Bonchev–Trinajstić information content (AvgIpc) is 2.42. The summed E-state index contributed by atoms with van der Waals surface area (Å²) in [7, 11) is 0. The maximum atomic E-state index is 6.17. The lowest BCUT2D eigenvalue weighted by molar-refractivity contribution is 0.705. The number of nitrogens with two attached hydrogens (primary N) is 1. The molecule has 0 aliphatic rings. The highest BCUT2D eigenvalue weighted by atomic mass is 35.5. The van der Waals surface area contributed by atoms with Gasteiger partial charge >= 0.3 is 0 Å². The van der Waals surface area contributed by atoms with Crippen molar-refractivity contribution in [2.75, 3.05) is 0 Å². The lowest BCUT2D eigenvalue weighted by Crippen LogP contribution is -2.23. The number of pyridine rings is 1. The Hall–Kier alpha value is -1.03. The van der Waals surface area contributed by atoms with Gasteiger partial charge in [-0.05, 0) is 30.7 Å². The topological polar surface area (TPSA) is 38.9 Å². The van der Waals surface area contributed by atoms with Crippen molar-refractivity contribution in [2.45, 2.75) is 24.0 Å². The summed E-state index contributed by atoms with van der Waals surface area (Å²) in [6.45, 7) is 2.01. The molecule has 1 aromatic heterocycles. The summed E-state index contributed by atoms with van der Waals surface area (Å²) < 4.78 is 0. The predicted molar refractivity (Wildman–Crippen MR) is 83.4 cm³/mol. The molecule has 0 aliphatic heterocycles. The molecule has 0 fully saturated rings. The third-order valence-corrected chi connectivity index (χ3v) is 4.71. The van der Waals surface area contributed by atoms with E-state index in [1.165, 1.54) is 0 Å². The molecular formula is C15H17ClN2S. The van der Waals surface area contributed by atoms with Gasteiger partial charge in [0.05, 0.1) is 10.9 Å². The van der Waals surface area contributed by atoms with Gasteiger partial charge < -0.3 is 5.73 Å². The third-order valence-electron chi connectivity index (χ3n) is 2.83. The van der Waals surface area contributed by atoms with Crippen LogP contribution in [0.4, 0.5) is 0 Å². The molecule has 0 saturated carbocycles. The second kappa shape index (κ2) is 6.94. The molecule has 0 saturated heterocycles. The first-order chi connectivity index (χ1) is 9.18. The van der Waals surface area contributed by atoms with Crippen molar-refractivity contribution in [3.63, 3.8) is 0 Å². The second-order valence-electron chi connectivity index (χ2n) is 4.44. The highest BCUT2D eigenvalue weighted by Gasteiger charge is 2.18. The molecule has 0 bridgehead atoms. The fraction of sp³-hybridized carbons (Fsp3) is 0.267. The van der Waals surface area contributed by atoms with Gasteiger partial charge in [-0.3, -0.25) is 4.98 Å². The van der Waals surface area contributed by atoms with Crippen molar-refractivity contribution < 1.29 is 0 Å². The molecule has 2 aromatic rings. The van der Waals surface area contributed by atoms with Crippen LogP contribution >= 0.6 is 23.4 Å². The Morgan fingerprint density at radius 3 is 2.58 bits per heavy atom. The van der Waals surface area contributed by atoms with Gasteiger partial charge in [-0.2, -0.15) is 0 Å². The summed E-state index contributed by atoms with van der Waals surface area (Å²) in [6, 6.07) is 13.9. The van der Waals surface area contributed by atoms with Crippen LogP contribution in [-0.4, -0.2) is 11.0 Å². The van der Waals surface area contributed by atoms with E-state index in [2.05, 4.69) is 4.98 Å². The van der Waals surface area contributed by atoms with Crippen LogP contribution in [0.15, 0.2) is 48.7 Å². The molecule has 0 spiro atoms. The van der Waals surface area contributed by atoms with Gasteiger partial charge in [-0.1, -0.05) is 35.9 Å². The molecule has 0 amide bonds. The third kappa shape index (κ3) is 3.96. The Morgan fingerprint density at radius 2 is 1.95 bits per heavy atom. The lowest BCUT2D eigenvalue weighted by Gasteiger charge is -2.20. The van der Waals surface area contributed by atoms with Crippen LogP contribution in [0.1, 0.15) is 23.4 Å². The number of nitrogens with zero attached hydrogens (tertiary/aromatic N) is 1. The van der Waals surface area contributed by atoms with Crippen LogP contribution in [0.2, 0.25) is 5.02 Å². The Kier molecular flexibility index (Phi) is 5.25. The average molecular weight is 293 g/mol. The van der Waals surface area contributed by atoms with Gasteiger partial charge in [0.15, 0.2) is 0 Å². The van der Waals surface area contributed by atoms with Crippen LogP contribution in [0, 0.1) is 0 Å². The van der Waals surface area contributed by atoms with E-state index in [-0.39, 0.29) is 11.3 Å². The summed E-state index contributed by atoms with van der Waals surface area (Å²) in [4.78, 5) is 4.40. The van der Waals surface area contributed by atoms with Gasteiger partial charge in [0.25, 0.3) is 0 Å². The minimum atomic E-state index is 0.0439. The van der Waals surface area contributed by atoms with Gasteiger partial charge in [-0.15, -0.1) is 11.8 Å². The molecule has 0 aliphatic carbocycles. The SMILES string of the molecule is CC(N)C(SCc1ccccc1Cl)c1ccccn1. The minimum Gasteiger partial charge on any atom is -0.327 e. The maximum Gasteiger partial charge on any atom is 0.0621 e. The van der Waals surface area contributed by atoms with Crippen molar-refractivity contribution in [3.05, 3.63) is 64.9 Å². The van der Waals surface area contributed by atoms with Crippen LogP contribution in [0.25, 0.3) is 0 Å². The Bertz CT molecular complexity index is 517. The van der Waals surface area contributed by atoms with Gasteiger partial charge in [0.2, 0.25) is 0 Å². The number of thioether (sulfide) groups is 1. The fourth-order valence-electron chi connectivity index (χ4n) is 1.85. The molecule has 1 aromatic carbocycles. The van der Waals surface area contributed by atoms with Crippen molar-refractivity contribution in [1.29, 1.82) is 0 Å². The van der Waals surface area contributed by atoms with Gasteiger partial charge in [0, 0.05) is 23.0 Å². The van der Waals surface area contributed by atoms with E-state index < -0.39 is 0 Å². The van der Waals surface area contributed by atoms with E-state index in [0.717, 1.165) is 22.0 Å². The molecule has 100 valence electrons. The fourth-order valence-corrected chi connectivity index (χ4v) is 3.35. The minimum absolute atomic E-state index is 0.0439. The Labute approximate surface area is 123 Å². The lowest BCUT2D eigenvalue weighted by atomic mass is 10.2. The van der Waals surface area contributed by atoms with E-state index in [1.807, 2.05) is 49.4 Å². The molecule has 1 heterocycles. The zero-order valence-electron chi connectivity index (χ0n) is 10.8. The van der Waals surface area contributed by atoms with Crippen molar-refractivity contribution >= 4 is 23.4 Å². The first-order valence-electron chi connectivity index (χ1n) is 6.20. The van der Waals surface area contributed by atoms with Crippen LogP contribution in [0.5, 0.6) is 0 Å². The zero-order valence-corrected chi connectivity index (χ0v) is 12.4. The summed E-state index contributed by atoms with van der Waals surface area (Å²) in [6.07, 6.45) is 1.81. The van der Waals surface area contributed by atoms with E-state index in [1.54, 1.807) is 18.0 Å². The first-order valence-corrected chi connectivity index (χ1v) is 7.62. The summed E-state index contributed by atoms with van der Waals surface area (Å²) in [5.74, 6) is 0.836. The smallest absolute Gasteiger partial charge is 0.0621 e. The number of rotatable bonds is 5. The summed E-state index contributed by atoms with van der Waals surface area (Å²) in [5.41, 5.74) is 8.23. The molecule has 0 radical (unpaired) electrons. The molecule has 2 unspecified atom stereocenters. The number of aromatic nitrogens is 1. The largest absolute Gasteiger partial charge is 0.327 e. The highest BCUT2D eigenvalue weighted by Crippen LogP contribution is 2.34. The molecule has 2 atom stereocenters.